The van der Waals surface area contributed by atoms with Crippen LogP contribution >= 0.6 is 0 Å². The smallest absolute Gasteiger partial charge is 0.321 e. The molecule has 1 fully saturated rings. The summed E-state index contributed by atoms with van der Waals surface area (Å²) in [6.07, 6.45) is 3.17. The van der Waals surface area contributed by atoms with Gasteiger partial charge in [-0.05, 0) is 29.8 Å². The van der Waals surface area contributed by atoms with Crippen molar-refractivity contribution < 1.29 is 14.3 Å². The zero-order valence-electron chi connectivity index (χ0n) is 17.8. The van der Waals surface area contributed by atoms with Gasteiger partial charge in [-0.2, -0.15) is 0 Å². The van der Waals surface area contributed by atoms with Gasteiger partial charge in [0.25, 0.3) is 5.91 Å². The maximum atomic E-state index is 13.3. The second-order valence-electron chi connectivity index (χ2n) is 7.51. The third-order valence-electron chi connectivity index (χ3n) is 5.36. The molecule has 3 aromatic rings. The van der Waals surface area contributed by atoms with Crippen molar-refractivity contribution in [1.82, 2.24) is 25.1 Å². The summed E-state index contributed by atoms with van der Waals surface area (Å²) in [5, 5.41) is 2.70. The lowest BCUT2D eigenvalue weighted by Crippen LogP contribution is -2.60. The van der Waals surface area contributed by atoms with Gasteiger partial charge in [0, 0.05) is 51.2 Å². The van der Waals surface area contributed by atoms with E-state index in [0.29, 0.717) is 30.9 Å². The Morgan fingerprint density at radius 3 is 2.56 bits per heavy atom. The molecule has 1 aliphatic rings. The van der Waals surface area contributed by atoms with Gasteiger partial charge in [-0.15, -0.1) is 0 Å². The van der Waals surface area contributed by atoms with E-state index in [1.807, 2.05) is 18.2 Å². The monoisotopic (exact) mass is 431 g/mol. The number of benzene rings is 2. The average molecular weight is 431 g/mol. The molecule has 2 amide bonds. The normalized spacial score (nSPS) is 16.4. The van der Waals surface area contributed by atoms with Crippen LogP contribution in [0.1, 0.15) is 15.9 Å². The Morgan fingerprint density at radius 2 is 1.81 bits per heavy atom. The molecule has 1 N–H and O–H groups in total. The fourth-order valence-corrected chi connectivity index (χ4v) is 3.76. The van der Waals surface area contributed by atoms with Gasteiger partial charge in [-0.3, -0.25) is 14.5 Å². The summed E-state index contributed by atoms with van der Waals surface area (Å²) in [4.78, 5) is 37.9. The highest BCUT2D eigenvalue weighted by Crippen LogP contribution is 2.22. The van der Waals surface area contributed by atoms with Crippen molar-refractivity contribution in [1.29, 1.82) is 0 Å². The van der Waals surface area contributed by atoms with Crippen molar-refractivity contribution in [3.63, 3.8) is 0 Å². The van der Waals surface area contributed by atoms with Crippen molar-refractivity contribution in [2.24, 2.45) is 0 Å². The lowest BCUT2D eigenvalue weighted by molar-refractivity contribution is -0.127. The van der Waals surface area contributed by atoms with Gasteiger partial charge in [0.2, 0.25) is 5.91 Å². The highest BCUT2D eigenvalue weighted by molar-refractivity contribution is 5.98. The predicted octanol–water partition coefficient (Wildman–Crippen LogP) is 2.34. The molecule has 8 heteroatoms. The van der Waals surface area contributed by atoms with Crippen molar-refractivity contribution in [3.8, 4) is 11.8 Å². The molecule has 1 atom stereocenters. The average Bonchev–Trinajstić information content (AvgIpc) is 2.84. The molecule has 0 radical (unpaired) electrons. The molecule has 0 saturated carbocycles. The van der Waals surface area contributed by atoms with Gasteiger partial charge in [0.05, 0.1) is 0 Å². The summed E-state index contributed by atoms with van der Waals surface area (Å²) < 4.78 is 5.65. The van der Waals surface area contributed by atoms with Crippen LogP contribution in [0.3, 0.4) is 0 Å². The van der Waals surface area contributed by atoms with E-state index in [4.69, 9.17) is 4.74 Å². The maximum Gasteiger partial charge on any atom is 0.321 e. The third-order valence-corrected chi connectivity index (χ3v) is 5.36. The molecule has 2 heterocycles. The van der Waals surface area contributed by atoms with Gasteiger partial charge in [0.15, 0.2) is 0 Å². The van der Waals surface area contributed by atoms with Crippen LogP contribution in [-0.2, 0) is 11.3 Å². The minimum atomic E-state index is -0.577. The first-order chi connectivity index (χ1) is 15.6. The first-order valence-electron chi connectivity index (χ1n) is 10.5. The Morgan fingerprint density at radius 1 is 1.03 bits per heavy atom. The Balaban J connectivity index is 1.49. The predicted molar refractivity (Wildman–Crippen MR) is 119 cm³/mol. The van der Waals surface area contributed by atoms with Crippen LogP contribution in [-0.4, -0.2) is 64.3 Å². The zero-order valence-corrected chi connectivity index (χ0v) is 17.8. The number of hydrogen-bond donors (Lipinski definition) is 1. The fourth-order valence-electron chi connectivity index (χ4n) is 3.76. The SMILES string of the molecule is CNC(=O)[C@@H]1CN(Cc2ccccc2)CCN1C(=O)c1cccc(Oc2ncccn2)c1. The molecule has 4 rings (SSSR count). The lowest BCUT2D eigenvalue weighted by Gasteiger charge is -2.40. The number of hydrogen-bond acceptors (Lipinski definition) is 6. The molecule has 2 aromatic carbocycles. The van der Waals surface area contributed by atoms with E-state index < -0.39 is 6.04 Å². The van der Waals surface area contributed by atoms with Crippen LogP contribution in [0.4, 0.5) is 0 Å². The second-order valence-corrected chi connectivity index (χ2v) is 7.51. The number of aromatic nitrogens is 2. The van der Waals surface area contributed by atoms with Gasteiger partial charge in [0.1, 0.15) is 11.8 Å². The van der Waals surface area contributed by atoms with E-state index >= 15 is 0 Å². The number of carbonyl (C=O) groups is 2. The van der Waals surface area contributed by atoms with Gasteiger partial charge in [-0.1, -0.05) is 36.4 Å². The topological polar surface area (TPSA) is 87.7 Å². The Labute approximate surface area is 186 Å². The molecule has 8 nitrogen and oxygen atoms in total. The van der Waals surface area contributed by atoms with Crippen LogP contribution in [0.15, 0.2) is 73.1 Å². The number of likely N-dealkylation sites (N-methyl/N-ethyl adjacent to an activating group) is 1. The number of nitrogens with zero attached hydrogens (tertiary/aromatic N) is 4. The van der Waals surface area contributed by atoms with E-state index in [-0.39, 0.29) is 17.8 Å². The number of ether oxygens (including phenoxy) is 1. The molecule has 0 aliphatic carbocycles. The molecule has 0 spiro atoms. The highest BCUT2D eigenvalue weighted by atomic mass is 16.5. The molecule has 0 unspecified atom stereocenters. The molecule has 1 aromatic heterocycles. The highest BCUT2D eigenvalue weighted by Gasteiger charge is 2.35. The first-order valence-corrected chi connectivity index (χ1v) is 10.5. The molecular weight excluding hydrogens is 406 g/mol. The molecule has 0 bridgehead atoms. The Bertz CT molecular complexity index is 1060. The van der Waals surface area contributed by atoms with Crippen molar-refractivity contribution >= 4 is 11.8 Å². The number of amides is 2. The first kappa shape index (κ1) is 21.5. The summed E-state index contributed by atoms with van der Waals surface area (Å²) in [5.41, 5.74) is 1.62. The van der Waals surface area contributed by atoms with Crippen LogP contribution < -0.4 is 10.1 Å². The van der Waals surface area contributed by atoms with Crippen LogP contribution in [0.2, 0.25) is 0 Å². The van der Waals surface area contributed by atoms with Crippen molar-refractivity contribution in [2.45, 2.75) is 12.6 Å². The minimum Gasteiger partial charge on any atom is -0.424 e. The molecular formula is C24H25N5O3. The largest absolute Gasteiger partial charge is 0.424 e. The summed E-state index contributed by atoms with van der Waals surface area (Å²) in [6.45, 7) is 2.34. The summed E-state index contributed by atoms with van der Waals surface area (Å²) in [5.74, 6) is 0.0693. The summed E-state index contributed by atoms with van der Waals surface area (Å²) in [6, 6.07) is 18.3. The van der Waals surface area contributed by atoms with Crippen molar-refractivity contribution in [3.05, 3.63) is 84.2 Å². The van der Waals surface area contributed by atoms with Gasteiger partial charge in [-0.25, -0.2) is 9.97 Å². The van der Waals surface area contributed by atoms with E-state index in [1.165, 1.54) is 5.56 Å². The third kappa shape index (κ3) is 5.09. The molecule has 1 saturated heterocycles. The van der Waals surface area contributed by atoms with Crippen LogP contribution in [0.5, 0.6) is 11.8 Å². The van der Waals surface area contributed by atoms with Crippen LogP contribution in [0.25, 0.3) is 0 Å². The number of nitrogens with one attached hydrogen (secondary N) is 1. The van der Waals surface area contributed by atoms with Gasteiger partial charge < -0.3 is 15.0 Å². The second kappa shape index (κ2) is 10.0. The molecule has 1 aliphatic heterocycles. The number of piperazine rings is 1. The lowest BCUT2D eigenvalue weighted by atomic mass is 10.1. The molecule has 164 valence electrons. The van der Waals surface area contributed by atoms with Crippen molar-refractivity contribution in [2.75, 3.05) is 26.7 Å². The van der Waals surface area contributed by atoms with E-state index in [9.17, 15) is 9.59 Å². The zero-order chi connectivity index (χ0) is 22.3. The van der Waals surface area contributed by atoms with E-state index in [1.54, 1.807) is 54.7 Å². The van der Waals surface area contributed by atoms with E-state index in [2.05, 4.69) is 32.3 Å². The Kier molecular flexibility index (Phi) is 6.72. The quantitative estimate of drug-likeness (QED) is 0.645. The number of carbonyl (C=O) groups excluding carboxylic acids is 2. The minimum absolute atomic E-state index is 0.179. The van der Waals surface area contributed by atoms with Gasteiger partial charge >= 0.3 is 6.01 Å². The summed E-state index contributed by atoms with van der Waals surface area (Å²) in [7, 11) is 1.59. The Hall–Kier alpha value is -3.78. The molecule has 32 heavy (non-hydrogen) atoms. The van der Waals surface area contributed by atoms with Crippen LogP contribution in [0, 0.1) is 0 Å². The summed E-state index contributed by atoms with van der Waals surface area (Å²) >= 11 is 0. The standard InChI is InChI=1S/C24H25N5O3/c1-25-22(30)21-17-28(16-18-7-3-2-4-8-18)13-14-29(21)23(31)19-9-5-10-20(15-19)32-24-26-11-6-12-27-24/h2-12,15,21H,13-14,16-17H2,1H3,(H,25,30)/t21-/m0/s1. The fraction of sp³-hybridized carbons (Fsp3) is 0.250. The number of rotatable bonds is 6. The maximum absolute atomic E-state index is 13.3. The van der Waals surface area contributed by atoms with E-state index in [0.717, 1.165) is 6.54 Å².